The van der Waals surface area contributed by atoms with Crippen molar-refractivity contribution in [3.63, 3.8) is 0 Å². The number of aryl methyl sites for hydroxylation is 1. The van der Waals surface area contributed by atoms with Gasteiger partial charge in [0.25, 0.3) is 5.56 Å². The van der Waals surface area contributed by atoms with E-state index in [0.29, 0.717) is 32.9 Å². The fourth-order valence-corrected chi connectivity index (χ4v) is 5.35. The molecule has 0 bridgehead atoms. The van der Waals surface area contributed by atoms with E-state index in [2.05, 4.69) is 9.98 Å². The molecule has 0 unspecified atom stereocenters. The normalized spacial score (nSPS) is 14.1. The Morgan fingerprint density at radius 1 is 1.21 bits per heavy atom. The van der Waals surface area contributed by atoms with Crippen molar-refractivity contribution in [2.75, 3.05) is 12.3 Å². The lowest BCUT2D eigenvalue weighted by atomic mass is 10.2. The van der Waals surface area contributed by atoms with Crippen LogP contribution in [0.1, 0.15) is 5.56 Å². The molecule has 11 heteroatoms. The lowest BCUT2D eigenvalue weighted by molar-refractivity contribution is 0.697. The van der Waals surface area contributed by atoms with Crippen molar-refractivity contribution in [2.24, 2.45) is 19.1 Å². The summed E-state index contributed by atoms with van der Waals surface area (Å²) < 4.78 is 5.14. The van der Waals surface area contributed by atoms with Crippen molar-refractivity contribution in [3.05, 3.63) is 54.6 Å². The molecular formula is C17H15Cl2N5O2S2. The van der Waals surface area contributed by atoms with Gasteiger partial charge in [-0.15, -0.1) is 0 Å². The van der Waals surface area contributed by atoms with Gasteiger partial charge in [0.1, 0.15) is 4.38 Å². The molecule has 7 nitrogen and oxygen atoms in total. The molecule has 1 aliphatic heterocycles. The van der Waals surface area contributed by atoms with Gasteiger partial charge in [-0.2, -0.15) is 0 Å². The molecule has 0 N–H and O–H groups in total. The van der Waals surface area contributed by atoms with Crippen molar-refractivity contribution in [1.82, 2.24) is 18.7 Å². The zero-order valence-electron chi connectivity index (χ0n) is 15.0. The number of benzene rings is 1. The summed E-state index contributed by atoms with van der Waals surface area (Å²) in [6, 6.07) is 5.23. The third-order valence-corrected chi connectivity index (χ3v) is 7.14. The first-order chi connectivity index (χ1) is 13.4. The van der Waals surface area contributed by atoms with Crippen LogP contribution in [0.4, 0.5) is 0 Å². The van der Waals surface area contributed by atoms with Crippen molar-refractivity contribution >= 4 is 62.3 Å². The molecule has 0 saturated heterocycles. The molecule has 0 atom stereocenters. The van der Waals surface area contributed by atoms with Gasteiger partial charge in [0.15, 0.2) is 16.3 Å². The molecular weight excluding hydrogens is 441 g/mol. The van der Waals surface area contributed by atoms with E-state index in [-0.39, 0.29) is 0 Å². The summed E-state index contributed by atoms with van der Waals surface area (Å²) in [5.41, 5.74) is 0.662. The van der Waals surface area contributed by atoms with E-state index >= 15 is 0 Å². The van der Waals surface area contributed by atoms with Crippen LogP contribution in [0, 0.1) is 0 Å². The van der Waals surface area contributed by atoms with Crippen LogP contribution >= 0.6 is 46.7 Å². The largest absolute Gasteiger partial charge is 0.332 e. The Kier molecular flexibility index (Phi) is 5.34. The number of fused-ring (bicyclic) bond motifs is 1. The summed E-state index contributed by atoms with van der Waals surface area (Å²) >= 11 is 15.4. The molecule has 2 aromatic heterocycles. The van der Waals surface area contributed by atoms with Crippen LogP contribution in [-0.2, 0) is 20.6 Å². The summed E-state index contributed by atoms with van der Waals surface area (Å²) in [5.74, 6) is 0.922. The van der Waals surface area contributed by atoms with Gasteiger partial charge in [0, 0.05) is 29.9 Å². The van der Waals surface area contributed by atoms with Crippen LogP contribution in [0.25, 0.3) is 11.2 Å². The predicted molar refractivity (Wildman–Crippen MR) is 116 cm³/mol. The number of hydrogen-bond donors (Lipinski definition) is 0. The van der Waals surface area contributed by atoms with E-state index in [1.807, 2.05) is 6.07 Å². The fraction of sp³-hybridized carbons (Fsp3) is 0.294. The summed E-state index contributed by atoms with van der Waals surface area (Å²) in [6.45, 7) is 1.08. The van der Waals surface area contributed by atoms with Crippen molar-refractivity contribution < 1.29 is 0 Å². The maximum absolute atomic E-state index is 12.9. The molecule has 0 radical (unpaired) electrons. The van der Waals surface area contributed by atoms with E-state index in [1.54, 1.807) is 35.5 Å². The Balaban J connectivity index is 1.95. The number of rotatable bonds is 3. The standard InChI is InChI=1S/C17H15Cl2N5O2S2/c1-22-13-12(14(25)23(2)17(22)26)24(8-9-3-4-10(18)7-11(9)19)15(21-13)28-16-20-5-6-27-16/h3-4,7H,5-6,8H2,1-2H3. The molecule has 0 aliphatic carbocycles. The van der Waals surface area contributed by atoms with Gasteiger partial charge in [-0.25, -0.2) is 9.78 Å². The van der Waals surface area contributed by atoms with Crippen LogP contribution in [0.15, 0.2) is 37.9 Å². The van der Waals surface area contributed by atoms with E-state index in [9.17, 15) is 9.59 Å². The number of aromatic nitrogens is 4. The zero-order chi connectivity index (χ0) is 20.0. The van der Waals surface area contributed by atoms with E-state index in [4.69, 9.17) is 23.2 Å². The second-order valence-electron chi connectivity index (χ2n) is 6.19. The van der Waals surface area contributed by atoms with Gasteiger partial charge in [-0.1, -0.05) is 41.0 Å². The summed E-state index contributed by atoms with van der Waals surface area (Å²) in [6.07, 6.45) is 0. The Morgan fingerprint density at radius 2 is 2.00 bits per heavy atom. The molecule has 0 saturated carbocycles. The lowest BCUT2D eigenvalue weighted by Crippen LogP contribution is -2.37. The van der Waals surface area contributed by atoms with E-state index in [1.165, 1.54) is 23.4 Å². The second kappa shape index (κ2) is 7.62. The molecule has 1 aromatic carbocycles. The maximum atomic E-state index is 12.9. The van der Waals surface area contributed by atoms with E-state index < -0.39 is 11.2 Å². The molecule has 0 amide bonds. The first-order valence-electron chi connectivity index (χ1n) is 8.32. The van der Waals surface area contributed by atoms with Gasteiger partial charge < -0.3 is 4.57 Å². The topological polar surface area (TPSA) is 74.2 Å². The molecule has 146 valence electrons. The molecule has 28 heavy (non-hydrogen) atoms. The number of hydrogen-bond acceptors (Lipinski definition) is 6. The predicted octanol–water partition coefficient (Wildman–Crippen LogP) is 2.98. The highest BCUT2D eigenvalue weighted by Crippen LogP contribution is 2.31. The smallest absolute Gasteiger partial charge is 0.308 e. The third-order valence-electron chi connectivity index (χ3n) is 4.39. The van der Waals surface area contributed by atoms with Crippen molar-refractivity contribution in [3.8, 4) is 0 Å². The SMILES string of the molecule is Cn1c(=O)c2c(nc(SC3=NCCS3)n2Cc2ccc(Cl)cc2Cl)n(C)c1=O. The van der Waals surface area contributed by atoms with Crippen LogP contribution in [0.3, 0.4) is 0 Å². The van der Waals surface area contributed by atoms with Crippen molar-refractivity contribution in [1.29, 1.82) is 0 Å². The Labute approximate surface area is 178 Å². The Hall–Kier alpha value is -1.68. The first kappa shape index (κ1) is 19.6. The highest BCUT2D eigenvalue weighted by molar-refractivity contribution is 8.39. The third kappa shape index (κ3) is 3.41. The van der Waals surface area contributed by atoms with Gasteiger partial charge in [0.2, 0.25) is 0 Å². The average Bonchev–Trinajstić information content (AvgIpc) is 3.29. The number of aliphatic imine (C=N–C) groups is 1. The minimum Gasteiger partial charge on any atom is -0.308 e. The average molecular weight is 456 g/mol. The molecule has 4 rings (SSSR count). The highest BCUT2D eigenvalue weighted by atomic mass is 35.5. The van der Waals surface area contributed by atoms with Gasteiger partial charge in [0.05, 0.1) is 13.1 Å². The maximum Gasteiger partial charge on any atom is 0.332 e. The quantitative estimate of drug-likeness (QED) is 0.606. The Bertz CT molecular complexity index is 1250. The molecule has 0 spiro atoms. The summed E-state index contributed by atoms with van der Waals surface area (Å²) in [7, 11) is 3.06. The van der Waals surface area contributed by atoms with E-state index in [0.717, 1.165) is 26.8 Å². The Morgan fingerprint density at radius 3 is 2.68 bits per heavy atom. The van der Waals surface area contributed by atoms with Crippen LogP contribution in [0.5, 0.6) is 0 Å². The zero-order valence-corrected chi connectivity index (χ0v) is 18.1. The van der Waals surface area contributed by atoms with Crippen LogP contribution in [0.2, 0.25) is 10.0 Å². The van der Waals surface area contributed by atoms with Crippen LogP contribution < -0.4 is 11.2 Å². The molecule has 3 aromatic rings. The highest BCUT2D eigenvalue weighted by Gasteiger charge is 2.22. The fourth-order valence-electron chi connectivity index (χ4n) is 2.93. The molecule has 1 aliphatic rings. The number of imidazole rings is 1. The second-order valence-corrected chi connectivity index (χ2v) is 9.33. The number of nitrogens with zero attached hydrogens (tertiary/aromatic N) is 5. The van der Waals surface area contributed by atoms with Gasteiger partial charge >= 0.3 is 5.69 Å². The van der Waals surface area contributed by atoms with Gasteiger partial charge in [-0.3, -0.25) is 18.9 Å². The molecule has 3 heterocycles. The number of halogens is 2. The summed E-state index contributed by atoms with van der Waals surface area (Å²) in [5, 5.41) is 1.63. The number of thioether (sulfide) groups is 2. The molecule has 0 fully saturated rings. The first-order valence-corrected chi connectivity index (χ1v) is 10.9. The summed E-state index contributed by atoms with van der Waals surface area (Å²) in [4.78, 5) is 34.3. The lowest BCUT2D eigenvalue weighted by Gasteiger charge is -2.11. The van der Waals surface area contributed by atoms with Crippen LogP contribution in [-0.4, -0.2) is 35.4 Å². The minimum atomic E-state index is -0.421. The minimum absolute atomic E-state index is 0.320. The van der Waals surface area contributed by atoms with Gasteiger partial charge in [-0.05, 0) is 29.5 Å². The monoisotopic (exact) mass is 455 g/mol. The van der Waals surface area contributed by atoms with Crippen molar-refractivity contribution in [2.45, 2.75) is 11.7 Å².